The first-order chi connectivity index (χ1) is 14.0. The van der Waals surface area contributed by atoms with Crippen LogP contribution in [0.15, 0.2) is 28.1 Å². The lowest BCUT2D eigenvalue weighted by Crippen LogP contribution is -2.46. The molecule has 1 aliphatic rings. The maximum Gasteiger partial charge on any atom is 0.274 e. The summed E-state index contributed by atoms with van der Waals surface area (Å²) in [6.07, 6.45) is -0.151. The first-order valence-corrected chi connectivity index (χ1v) is 10.3. The maximum atomic E-state index is 15.4. The van der Waals surface area contributed by atoms with E-state index in [2.05, 4.69) is 10.5 Å². The van der Waals surface area contributed by atoms with E-state index in [1.54, 1.807) is 6.07 Å². The Morgan fingerprint density at radius 3 is 2.83 bits per heavy atom. The Balaban J connectivity index is 1.68. The summed E-state index contributed by atoms with van der Waals surface area (Å²) in [4.78, 5) is 15.4. The van der Waals surface area contributed by atoms with Crippen LogP contribution in [0.1, 0.15) is 34.8 Å². The number of carbonyl (C=O) groups excluding carboxylic acids is 1. The number of rotatable bonds is 5. The van der Waals surface area contributed by atoms with Crippen LogP contribution in [0.25, 0.3) is 11.0 Å². The molecule has 1 saturated heterocycles. The largest absolute Gasteiger partial charge is 0.392 e. The van der Waals surface area contributed by atoms with Gasteiger partial charge in [0.2, 0.25) is 5.58 Å². The number of anilines is 1. The number of aromatic nitrogens is 1. The van der Waals surface area contributed by atoms with Crippen LogP contribution >= 0.6 is 11.3 Å². The van der Waals surface area contributed by atoms with Crippen LogP contribution in [-0.4, -0.2) is 41.5 Å². The summed E-state index contributed by atoms with van der Waals surface area (Å²) >= 11 is 1.52. The van der Waals surface area contributed by atoms with Gasteiger partial charge >= 0.3 is 0 Å². The molecule has 1 fully saturated rings. The van der Waals surface area contributed by atoms with E-state index >= 15 is 4.39 Å². The fourth-order valence-electron chi connectivity index (χ4n) is 3.73. The molecule has 3 heterocycles. The van der Waals surface area contributed by atoms with Gasteiger partial charge in [0.1, 0.15) is 0 Å². The molecule has 4 rings (SSSR count). The first kappa shape index (κ1) is 19.8. The van der Waals surface area contributed by atoms with Crippen LogP contribution in [0.5, 0.6) is 0 Å². The summed E-state index contributed by atoms with van der Waals surface area (Å²) in [5.41, 5.74) is 0.557. The molecule has 1 aliphatic heterocycles. The molecule has 3 aromatic rings. The van der Waals surface area contributed by atoms with Crippen molar-refractivity contribution in [3.8, 4) is 0 Å². The third-order valence-electron chi connectivity index (χ3n) is 4.88. The number of aliphatic hydroxyl groups excluding tert-OH is 1. The van der Waals surface area contributed by atoms with E-state index in [0.717, 1.165) is 4.88 Å². The Bertz CT molecular complexity index is 1010. The van der Waals surface area contributed by atoms with Crippen molar-refractivity contribution in [1.82, 2.24) is 10.5 Å². The minimum atomic E-state index is -0.627. The number of fused-ring (bicyclic) bond motifs is 1. The molecule has 7 nitrogen and oxygen atoms in total. The highest BCUT2D eigenvalue weighted by molar-refractivity contribution is 7.09. The van der Waals surface area contributed by atoms with E-state index in [-0.39, 0.29) is 41.2 Å². The second kappa shape index (κ2) is 8.10. The van der Waals surface area contributed by atoms with Gasteiger partial charge in [-0.1, -0.05) is 11.2 Å². The Morgan fingerprint density at radius 2 is 2.17 bits per heavy atom. The van der Waals surface area contributed by atoms with E-state index in [1.165, 1.54) is 11.3 Å². The molecule has 2 unspecified atom stereocenters. The zero-order valence-corrected chi connectivity index (χ0v) is 17.0. The number of thiophene rings is 1. The van der Waals surface area contributed by atoms with Crippen LogP contribution in [0.3, 0.4) is 0 Å². The van der Waals surface area contributed by atoms with E-state index in [0.29, 0.717) is 25.2 Å². The van der Waals surface area contributed by atoms with Crippen molar-refractivity contribution >= 4 is 33.9 Å². The molecule has 29 heavy (non-hydrogen) atoms. The van der Waals surface area contributed by atoms with Crippen LogP contribution in [0.2, 0.25) is 0 Å². The van der Waals surface area contributed by atoms with Gasteiger partial charge in [-0.2, -0.15) is 0 Å². The summed E-state index contributed by atoms with van der Waals surface area (Å²) in [5, 5.41) is 18.6. The topological polar surface area (TPSA) is 87.8 Å². The molecule has 0 radical (unpaired) electrons. The number of hydrogen-bond donors (Lipinski definition) is 2. The van der Waals surface area contributed by atoms with E-state index < -0.39 is 11.7 Å². The second-order valence-corrected chi connectivity index (χ2v) is 8.22. The zero-order valence-electron chi connectivity index (χ0n) is 16.1. The maximum absolute atomic E-state index is 15.4. The number of aliphatic hydroxyl groups is 1. The van der Waals surface area contributed by atoms with Gasteiger partial charge < -0.3 is 24.6 Å². The fourth-order valence-corrected chi connectivity index (χ4v) is 4.38. The molecule has 9 heteroatoms. The lowest BCUT2D eigenvalue weighted by atomic mass is 10.1. The highest BCUT2D eigenvalue weighted by Gasteiger charge is 2.30. The van der Waals surface area contributed by atoms with Crippen LogP contribution < -0.4 is 10.2 Å². The van der Waals surface area contributed by atoms with Gasteiger partial charge in [-0.25, -0.2) is 4.39 Å². The average Bonchev–Trinajstić information content (AvgIpc) is 3.35. The molecule has 0 saturated carbocycles. The van der Waals surface area contributed by atoms with Crippen molar-refractivity contribution in [2.75, 3.05) is 18.0 Å². The van der Waals surface area contributed by atoms with Crippen molar-refractivity contribution in [3.05, 3.63) is 45.5 Å². The third-order valence-corrected chi connectivity index (χ3v) is 5.76. The van der Waals surface area contributed by atoms with Gasteiger partial charge in [0, 0.05) is 23.5 Å². The van der Waals surface area contributed by atoms with Crippen LogP contribution in [0.4, 0.5) is 10.1 Å². The number of amides is 1. The highest BCUT2D eigenvalue weighted by atomic mass is 32.1. The summed E-state index contributed by atoms with van der Waals surface area (Å²) in [5.74, 6) is -1.08. The normalized spacial score (nSPS) is 19.7. The summed E-state index contributed by atoms with van der Waals surface area (Å²) < 4.78 is 26.3. The molecule has 1 amide bonds. The van der Waals surface area contributed by atoms with Gasteiger partial charge in [0.05, 0.1) is 36.4 Å². The lowest BCUT2D eigenvalue weighted by molar-refractivity contribution is -0.00550. The minimum Gasteiger partial charge on any atom is -0.392 e. The van der Waals surface area contributed by atoms with Crippen LogP contribution in [-0.2, 0) is 17.9 Å². The first-order valence-electron chi connectivity index (χ1n) is 9.40. The Hall–Kier alpha value is -2.49. The third kappa shape index (κ3) is 3.85. The van der Waals surface area contributed by atoms with Gasteiger partial charge in [0.25, 0.3) is 5.91 Å². The number of benzene rings is 1. The number of hydrogen-bond acceptors (Lipinski definition) is 7. The predicted molar refractivity (Wildman–Crippen MR) is 108 cm³/mol. The molecule has 2 aromatic heterocycles. The van der Waals surface area contributed by atoms with Gasteiger partial charge in [-0.05, 0) is 31.4 Å². The predicted octanol–water partition coefficient (Wildman–Crippen LogP) is 3.06. The SMILES string of the molecule is CC1CN(c2c(CO)cc3c(C(=O)NCc4cccs4)noc3c2F)CC(C)O1. The molecule has 154 valence electrons. The van der Waals surface area contributed by atoms with Gasteiger partial charge in [0.15, 0.2) is 11.5 Å². The van der Waals surface area contributed by atoms with E-state index in [4.69, 9.17) is 9.26 Å². The summed E-state index contributed by atoms with van der Waals surface area (Å²) in [6, 6.07) is 5.39. The fraction of sp³-hybridized carbons (Fsp3) is 0.400. The molecule has 0 bridgehead atoms. The number of nitrogens with zero attached hydrogens (tertiary/aromatic N) is 2. The molecule has 2 N–H and O–H groups in total. The molecule has 2 atom stereocenters. The molecule has 0 spiro atoms. The Morgan fingerprint density at radius 1 is 1.41 bits per heavy atom. The van der Waals surface area contributed by atoms with Crippen molar-refractivity contribution in [2.24, 2.45) is 0 Å². The van der Waals surface area contributed by atoms with Gasteiger partial charge in [-0.15, -0.1) is 11.3 Å². The second-order valence-electron chi connectivity index (χ2n) is 7.19. The van der Waals surface area contributed by atoms with E-state index in [1.807, 2.05) is 36.3 Å². The number of carbonyl (C=O) groups is 1. The zero-order chi connectivity index (χ0) is 20.5. The van der Waals surface area contributed by atoms with E-state index in [9.17, 15) is 9.90 Å². The highest BCUT2D eigenvalue weighted by Crippen LogP contribution is 2.35. The lowest BCUT2D eigenvalue weighted by Gasteiger charge is -2.37. The average molecular weight is 419 g/mol. The summed E-state index contributed by atoms with van der Waals surface area (Å²) in [7, 11) is 0. The van der Waals surface area contributed by atoms with Crippen molar-refractivity contribution in [1.29, 1.82) is 0 Å². The quantitative estimate of drug-likeness (QED) is 0.661. The molecular formula is C20H22FN3O4S. The number of morpholine rings is 1. The standard InChI is InChI=1S/C20H22FN3O4S/c1-11-8-24(9-12(2)27-11)18-13(10-25)6-15-17(23-28-19(15)16(18)21)20(26)22-7-14-4-3-5-29-14/h3-6,11-12,25H,7-10H2,1-2H3,(H,22,26). The number of nitrogens with one attached hydrogen (secondary N) is 1. The van der Waals surface area contributed by atoms with Crippen molar-refractivity contribution < 1.29 is 23.6 Å². The Kier molecular flexibility index (Phi) is 5.53. The number of halogens is 1. The van der Waals surface area contributed by atoms with Crippen molar-refractivity contribution in [3.63, 3.8) is 0 Å². The van der Waals surface area contributed by atoms with Crippen LogP contribution in [0, 0.1) is 5.82 Å². The molecule has 0 aliphatic carbocycles. The molecular weight excluding hydrogens is 397 g/mol. The van der Waals surface area contributed by atoms with Gasteiger partial charge in [-0.3, -0.25) is 4.79 Å². The summed E-state index contributed by atoms with van der Waals surface area (Å²) in [6.45, 7) is 4.79. The number of ether oxygens (including phenoxy) is 1. The Labute approximate surface area is 171 Å². The molecule has 1 aromatic carbocycles. The smallest absolute Gasteiger partial charge is 0.274 e. The monoisotopic (exact) mass is 419 g/mol. The minimum absolute atomic E-state index is 0.000389. The van der Waals surface area contributed by atoms with Crippen molar-refractivity contribution in [2.45, 2.75) is 39.2 Å².